The molecule has 4 heteroatoms. The summed E-state index contributed by atoms with van der Waals surface area (Å²) in [4.78, 5) is 0. The fourth-order valence-corrected chi connectivity index (χ4v) is 2.98. The quantitative estimate of drug-likeness (QED) is 0.881. The van der Waals surface area contributed by atoms with Crippen LogP contribution in [-0.4, -0.2) is 29.0 Å². The number of hydrogen-bond acceptors (Lipinski definition) is 3. The van der Waals surface area contributed by atoms with Crippen molar-refractivity contribution in [3.05, 3.63) is 36.5 Å². The number of hydrogen-bond donors (Lipinski definition) is 2. The summed E-state index contributed by atoms with van der Waals surface area (Å²) in [6.07, 6.45) is 3.21. The Balaban J connectivity index is 1.64. The molecule has 0 bridgehead atoms. The zero-order chi connectivity index (χ0) is 14.9. The molecule has 1 aromatic heterocycles. The van der Waals surface area contributed by atoms with E-state index in [0.717, 1.165) is 30.0 Å². The van der Waals surface area contributed by atoms with Crippen molar-refractivity contribution in [3.8, 4) is 11.3 Å². The fourth-order valence-electron chi connectivity index (χ4n) is 2.98. The van der Waals surface area contributed by atoms with Crippen LogP contribution < -0.4 is 5.32 Å². The molecule has 1 saturated carbocycles. The summed E-state index contributed by atoms with van der Waals surface area (Å²) in [6, 6.07) is 10.9. The highest BCUT2D eigenvalue weighted by molar-refractivity contribution is 5.62. The second-order valence-electron chi connectivity index (χ2n) is 6.25. The van der Waals surface area contributed by atoms with Crippen molar-refractivity contribution in [1.82, 2.24) is 10.2 Å². The predicted molar refractivity (Wildman–Crippen MR) is 85.2 cm³/mol. The number of ether oxygens (including phenoxy) is 1. The predicted octanol–water partition coefficient (Wildman–Crippen LogP) is 3.69. The first kappa shape index (κ1) is 14.1. The Labute approximate surface area is 125 Å². The average Bonchev–Trinajstić information content (AvgIpc) is 3.01. The smallest absolute Gasteiger partial charge is 0.0665 e. The zero-order valence-electron chi connectivity index (χ0n) is 12.9. The van der Waals surface area contributed by atoms with Gasteiger partial charge in [0.1, 0.15) is 0 Å². The van der Waals surface area contributed by atoms with Gasteiger partial charge in [0.25, 0.3) is 0 Å². The van der Waals surface area contributed by atoms with E-state index in [9.17, 15) is 0 Å². The van der Waals surface area contributed by atoms with E-state index in [1.54, 1.807) is 6.20 Å². The van der Waals surface area contributed by atoms with E-state index in [1.807, 2.05) is 6.07 Å². The Hall–Kier alpha value is -1.81. The number of aromatic amines is 1. The van der Waals surface area contributed by atoms with Crippen LogP contribution in [0.4, 0.5) is 5.69 Å². The number of benzene rings is 1. The summed E-state index contributed by atoms with van der Waals surface area (Å²) in [5.74, 6) is 0. The van der Waals surface area contributed by atoms with E-state index in [4.69, 9.17) is 4.74 Å². The van der Waals surface area contributed by atoms with Crippen LogP contribution in [0.1, 0.15) is 27.2 Å². The van der Waals surface area contributed by atoms with Crippen LogP contribution in [-0.2, 0) is 4.74 Å². The number of nitrogens with zero attached hydrogens (tertiary/aromatic N) is 1. The first-order chi connectivity index (χ1) is 10.1. The van der Waals surface area contributed by atoms with E-state index in [0.29, 0.717) is 12.1 Å². The molecule has 1 aliphatic rings. The number of anilines is 1. The molecule has 2 atom stereocenters. The van der Waals surface area contributed by atoms with E-state index < -0.39 is 0 Å². The molecule has 0 spiro atoms. The van der Waals surface area contributed by atoms with Gasteiger partial charge in [-0.05, 0) is 37.1 Å². The molecule has 2 unspecified atom stereocenters. The maximum absolute atomic E-state index is 5.78. The van der Waals surface area contributed by atoms with E-state index in [2.05, 4.69) is 60.6 Å². The lowest BCUT2D eigenvalue weighted by Crippen LogP contribution is -2.58. The standard InChI is InChI=1S/C17H23N3O/c1-4-21-16-11-15(17(16,2)3)19-13-7-5-12(6-8-13)14-9-10-18-20-14/h5-10,15-16,19H,4,11H2,1-3H3,(H,18,20). The van der Waals surface area contributed by atoms with Crippen molar-refractivity contribution in [1.29, 1.82) is 0 Å². The SMILES string of the molecule is CCOC1CC(Nc2ccc(-c3ccn[nH]3)cc2)C1(C)C. The van der Waals surface area contributed by atoms with Gasteiger partial charge in [-0.1, -0.05) is 26.0 Å². The Kier molecular flexibility index (Phi) is 3.72. The highest BCUT2D eigenvalue weighted by Crippen LogP contribution is 2.44. The van der Waals surface area contributed by atoms with Gasteiger partial charge in [-0.15, -0.1) is 0 Å². The third-order valence-electron chi connectivity index (χ3n) is 4.58. The maximum atomic E-state index is 5.78. The molecule has 0 amide bonds. The van der Waals surface area contributed by atoms with E-state index in [-0.39, 0.29) is 5.41 Å². The summed E-state index contributed by atoms with van der Waals surface area (Å²) < 4.78 is 5.78. The summed E-state index contributed by atoms with van der Waals surface area (Å²) in [7, 11) is 0. The van der Waals surface area contributed by atoms with Crippen LogP contribution in [0.3, 0.4) is 0 Å². The lowest BCUT2D eigenvalue weighted by molar-refractivity contribution is -0.0975. The van der Waals surface area contributed by atoms with E-state index in [1.165, 1.54) is 0 Å². The second-order valence-corrected chi connectivity index (χ2v) is 6.25. The summed E-state index contributed by atoms with van der Waals surface area (Å²) >= 11 is 0. The van der Waals surface area contributed by atoms with E-state index >= 15 is 0 Å². The molecule has 1 aliphatic carbocycles. The number of aromatic nitrogens is 2. The topological polar surface area (TPSA) is 49.9 Å². The van der Waals surface area contributed by atoms with Gasteiger partial charge in [-0.25, -0.2) is 0 Å². The van der Waals surface area contributed by atoms with Crippen LogP contribution >= 0.6 is 0 Å². The molecule has 1 fully saturated rings. The van der Waals surface area contributed by atoms with Crippen molar-refractivity contribution in [2.24, 2.45) is 5.41 Å². The van der Waals surface area contributed by atoms with Crippen molar-refractivity contribution in [2.45, 2.75) is 39.3 Å². The Bertz CT molecular complexity index is 575. The monoisotopic (exact) mass is 285 g/mol. The van der Waals surface area contributed by atoms with Crippen molar-refractivity contribution in [3.63, 3.8) is 0 Å². The van der Waals surface area contributed by atoms with Crippen molar-refractivity contribution < 1.29 is 4.74 Å². The normalized spacial score (nSPS) is 23.6. The molecule has 0 aliphatic heterocycles. The van der Waals surface area contributed by atoms with Crippen LogP contribution in [0, 0.1) is 5.41 Å². The Morgan fingerprint density at radius 1 is 1.29 bits per heavy atom. The van der Waals surface area contributed by atoms with Gasteiger partial charge in [-0.3, -0.25) is 5.10 Å². The van der Waals surface area contributed by atoms with Gasteiger partial charge >= 0.3 is 0 Å². The minimum Gasteiger partial charge on any atom is -0.382 e. The molecule has 2 N–H and O–H groups in total. The largest absolute Gasteiger partial charge is 0.382 e. The third kappa shape index (κ3) is 2.68. The molecule has 3 rings (SSSR count). The van der Waals surface area contributed by atoms with Gasteiger partial charge in [-0.2, -0.15) is 5.10 Å². The molecule has 112 valence electrons. The lowest BCUT2D eigenvalue weighted by Gasteiger charge is -2.52. The summed E-state index contributed by atoms with van der Waals surface area (Å²) in [6.45, 7) is 7.39. The number of rotatable bonds is 5. The summed E-state index contributed by atoms with van der Waals surface area (Å²) in [5, 5.41) is 10.6. The van der Waals surface area contributed by atoms with Gasteiger partial charge in [0.15, 0.2) is 0 Å². The molecule has 21 heavy (non-hydrogen) atoms. The number of nitrogens with one attached hydrogen (secondary N) is 2. The van der Waals surface area contributed by atoms with Gasteiger partial charge in [0.2, 0.25) is 0 Å². The first-order valence-electron chi connectivity index (χ1n) is 7.59. The zero-order valence-corrected chi connectivity index (χ0v) is 12.9. The van der Waals surface area contributed by atoms with Gasteiger partial charge < -0.3 is 10.1 Å². The highest BCUT2D eigenvalue weighted by atomic mass is 16.5. The van der Waals surface area contributed by atoms with Crippen LogP contribution in [0.2, 0.25) is 0 Å². The lowest BCUT2D eigenvalue weighted by atomic mass is 9.64. The Morgan fingerprint density at radius 3 is 2.62 bits per heavy atom. The van der Waals surface area contributed by atoms with Crippen LogP contribution in [0.5, 0.6) is 0 Å². The third-order valence-corrected chi connectivity index (χ3v) is 4.58. The highest BCUT2D eigenvalue weighted by Gasteiger charge is 2.48. The fraction of sp³-hybridized carbons (Fsp3) is 0.471. The van der Waals surface area contributed by atoms with Gasteiger partial charge in [0.05, 0.1) is 11.8 Å². The van der Waals surface area contributed by atoms with Gasteiger partial charge in [0, 0.05) is 29.9 Å². The van der Waals surface area contributed by atoms with Crippen molar-refractivity contribution >= 4 is 5.69 Å². The van der Waals surface area contributed by atoms with Crippen molar-refractivity contribution in [2.75, 3.05) is 11.9 Å². The molecule has 0 radical (unpaired) electrons. The molecule has 1 aromatic carbocycles. The first-order valence-corrected chi connectivity index (χ1v) is 7.59. The minimum absolute atomic E-state index is 0.179. The Morgan fingerprint density at radius 2 is 2.05 bits per heavy atom. The molecule has 1 heterocycles. The van der Waals surface area contributed by atoms with Crippen LogP contribution in [0.25, 0.3) is 11.3 Å². The molecule has 0 saturated heterocycles. The van der Waals surface area contributed by atoms with Crippen LogP contribution in [0.15, 0.2) is 36.5 Å². The number of H-pyrrole nitrogens is 1. The molecule has 4 nitrogen and oxygen atoms in total. The summed E-state index contributed by atoms with van der Waals surface area (Å²) in [5.41, 5.74) is 3.53. The molecular formula is C17H23N3O. The minimum atomic E-state index is 0.179. The molecule has 2 aromatic rings. The second kappa shape index (κ2) is 5.53. The maximum Gasteiger partial charge on any atom is 0.0665 e. The molecular weight excluding hydrogens is 262 g/mol. The average molecular weight is 285 g/mol.